The van der Waals surface area contributed by atoms with E-state index in [0.717, 1.165) is 25.7 Å². The fourth-order valence-corrected chi connectivity index (χ4v) is 6.21. The lowest BCUT2D eigenvalue weighted by atomic mass is 9.49. The van der Waals surface area contributed by atoms with E-state index in [0.29, 0.717) is 29.1 Å². The molecule has 1 heterocycles. The van der Waals surface area contributed by atoms with Crippen LogP contribution in [0.4, 0.5) is 5.82 Å². The van der Waals surface area contributed by atoms with Crippen molar-refractivity contribution in [1.29, 1.82) is 0 Å². The summed E-state index contributed by atoms with van der Waals surface area (Å²) >= 11 is 12.6. The minimum Gasteiger partial charge on any atom is -0.452 e. The van der Waals surface area contributed by atoms with E-state index in [1.54, 1.807) is 19.1 Å². The molecule has 4 aliphatic carbocycles. The van der Waals surface area contributed by atoms with Gasteiger partial charge in [0.25, 0.3) is 5.91 Å². The van der Waals surface area contributed by atoms with Gasteiger partial charge in [-0.05, 0) is 69.4 Å². The normalized spacial score (nSPS) is 35.8. The second kappa shape index (κ2) is 6.38. The first-order valence-corrected chi connectivity index (χ1v) is 9.85. The molecule has 4 fully saturated rings. The number of carbonyl (C=O) groups excluding carboxylic acids is 2. The van der Waals surface area contributed by atoms with Crippen LogP contribution in [0.2, 0.25) is 5.02 Å². The molecule has 4 bridgehead atoms. The Balaban J connectivity index is 1.41. The van der Waals surface area contributed by atoms with Gasteiger partial charge in [0, 0.05) is 11.1 Å². The zero-order valence-electron chi connectivity index (χ0n) is 14.6. The summed E-state index contributed by atoms with van der Waals surface area (Å²) in [6.45, 7) is 1.58. The zero-order chi connectivity index (χ0) is 18.5. The third kappa shape index (κ3) is 3.31. The largest absolute Gasteiger partial charge is 0.452 e. The van der Waals surface area contributed by atoms with E-state index < -0.39 is 17.4 Å². The van der Waals surface area contributed by atoms with Crippen LogP contribution in [0, 0.1) is 17.3 Å². The van der Waals surface area contributed by atoms with Gasteiger partial charge >= 0.3 is 5.97 Å². The SMILES string of the molecule is C[C@@H](OC(=O)C12C[C@H]3C[C@@H](CC(Cl)(C3)C1)C2)C(=O)Nc1ccc(Cl)cn1. The van der Waals surface area contributed by atoms with Gasteiger partial charge in [0.05, 0.1) is 10.4 Å². The summed E-state index contributed by atoms with van der Waals surface area (Å²) in [6, 6.07) is 3.24. The van der Waals surface area contributed by atoms with E-state index in [9.17, 15) is 9.59 Å². The molecule has 1 aromatic rings. The lowest BCUT2D eigenvalue weighted by Gasteiger charge is -2.58. The predicted molar refractivity (Wildman–Crippen MR) is 99.1 cm³/mol. The molecule has 1 amide bonds. The van der Waals surface area contributed by atoms with Gasteiger partial charge in [-0.3, -0.25) is 9.59 Å². The number of nitrogens with one attached hydrogen (secondary N) is 1. The van der Waals surface area contributed by atoms with Gasteiger partial charge in [-0.15, -0.1) is 11.6 Å². The smallest absolute Gasteiger partial charge is 0.312 e. The van der Waals surface area contributed by atoms with E-state index in [1.165, 1.54) is 12.6 Å². The highest BCUT2D eigenvalue weighted by Gasteiger charge is 2.61. The Labute approximate surface area is 162 Å². The second-order valence-electron chi connectivity index (χ2n) is 8.29. The number of amides is 1. The quantitative estimate of drug-likeness (QED) is 0.611. The van der Waals surface area contributed by atoms with Crippen molar-refractivity contribution in [2.45, 2.75) is 56.4 Å². The molecule has 5 rings (SSSR count). The number of nitrogens with zero attached hydrogens (tertiary/aromatic N) is 1. The van der Waals surface area contributed by atoms with Crippen molar-refractivity contribution in [2.75, 3.05) is 5.32 Å². The molecule has 4 aliphatic rings. The number of hydrogen-bond donors (Lipinski definition) is 1. The van der Waals surface area contributed by atoms with Crippen molar-refractivity contribution in [3.8, 4) is 0 Å². The van der Waals surface area contributed by atoms with Crippen molar-refractivity contribution >= 4 is 40.9 Å². The fraction of sp³-hybridized carbons (Fsp3) is 0.632. The number of hydrogen-bond acceptors (Lipinski definition) is 4. The van der Waals surface area contributed by atoms with Crippen LogP contribution in [0.1, 0.15) is 45.4 Å². The predicted octanol–water partition coefficient (Wildman–Crippen LogP) is 4.18. The molecule has 1 N–H and O–H groups in total. The number of esters is 1. The molecule has 0 spiro atoms. The summed E-state index contributed by atoms with van der Waals surface area (Å²) in [6.07, 6.45) is 6.06. The number of anilines is 1. The maximum Gasteiger partial charge on any atom is 0.312 e. The van der Waals surface area contributed by atoms with E-state index in [1.807, 2.05) is 0 Å². The Kier molecular flexibility index (Phi) is 4.43. The zero-order valence-corrected chi connectivity index (χ0v) is 16.1. The van der Waals surface area contributed by atoms with Gasteiger partial charge in [0.15, 0.2) is 6.10 Å². The van der Waals surface area contributed by atoms with Crippen molar-refractivity contribution in [3.63, 3.8) is 0 Å². The standard InChI is InChI=1S/C19H22Cl2N2O3/c1-11(16(24)23-15-3-2-14(20)9-22-15)26-17(25)18-5-12-4-13(6-18)8-19(21,7-12)10-18/h2-3,9,11-13H,4-8,10H2,1H3,(H,22,23,24)/t11-,12-,13-,18?,19?/m1/s1. The van der Waals surface area contributed by atoms with Gasteiger partial charge in [0.2, 0.25) is 0 Å². The molecular weight excluding hydrogens is 375 g/mol. The molecule has 0 aliphatic heterocycles. The minimum absolute atomic E-state index is 0.262. The maximum atomic E-state index is 13.0. The van der Waals surface area contributed by atoms with E-state index >= 15 is 0 Å². The molecule has 1 aromatic heterocycles. The Morgan fingerprint density at radius 1 is 1.27 bits per heavy atom. The summed E-state index contributed by atoms with van der Waals surface area (Å²) in [4.78, 5) is 29.1. The maximum absolute atomic E-state index is 13.0. The summed E-state index contributed by atoms with van der Waals surface area (Å²) in [5, 5.41) is 3.13. The first-order valence-electron chi connectivity index (χ1n) is 9.09. The highest BCUT2D eigenvalue weighted by atomic mass is 35.5. The fourth-order valence-electron chi connectivity index (χ4n) is 5.41. The first-order chi connectivity index (χ1) is 12.3. The van der Waals surface area contributed by atoms with Gasteiger partial charge in [-0.2, -0.15) is 0 Å². The number of ether oxygens (including phenoxy) is 1. The molecule has 7 heteroatoms. The molecule has 3 atom stereocenters. The lowest BCUT2D eigenvalue weighted by Crippen LogP contribution is -2.57. The molecule has 140 valence electrons. The summed E-state index contributed by atoms with van der Waals surface area (Å²) < 4.78 is 5.57. The first kappa shape index (κ1) is 18.1. The van der Waals surface area contributed by atoms with Crippen LogP contribution in [0.15, 0.2) is 18.3 Å². The molecule has 26 heavy (non-hydrogen) atoms. The number of rotatable bonds is 4. The van der Waals surface area contributed by atoms with Crippen LogP contribution in [0.3, 0.4) is 0 Å². The minimum atomic E-state index is -0.890. The van der Waals surface area contributed by atoms with Crippen LogP contribution in [0.25, 0.3) is 0 Å². The molecule has 0 unspecified atom stereocenters. The average Bonchev–Trinajstić information content (AvgIpc) is 2.54. The number of alkyl halides is 1. The monoisotopic (exact) mass is 396 g/mol. The van der Waals surface area contributed by atoms with Crippen LogP contribution in [-0.4, -0.2) is 27.8 Å². The van der Waals surface area contributed by atoms with Crippen molar-refractivity contribution in [2.24, 2.45) is 17.3 Å². The number of halogens is 2. The van der Waals surface area contributed by atoms with Crippen LogP contribution < -0.4 is 5.32 Å². The molecule has 4 saturated carbocycles. The highest BCUT2D eigenvalue weighted by molar-refractivity contribution is 6.30. The van der Waals surface area contributed by atoms with Gasteiger partial charge in [-0.1, -0.05) is 11.6 Å². The Morgan fingerprint density at radius 3 is 2.54 bits per heavy atom. The molecule has 0 saturated heterocycles. The van der Waals surface area contributed by atoms with Crippen LogP contribution in [-0.2, 0) is 14.3 Å². The third-order valence-electron chi connectivity index (χ3n) is 6.05. The molecule has 0 radical (unpaired) electrons. The highest BCUT2D eigenvalue weighted by Crippen LogP contribution is 2.64. The van der Waals surface area contributed by atoms with Gasteiger partial charge in [0.1, 0.15) is 5.82 Å². The number of carbonyl (C=O) groups is 2. The number of aromatic nitrogens is 1. The third-order valence-corrected chi connectivity index (χ3v) is 6.72. The molecule has 0 aromatic carbocycles. The average molecular weight is 397 g/mol. The molecular formula is C19H22Cl2N2O3. The van der Waals surface area contributed by atoms with E-state index in [4.69, 9.17) is 27.9 Å². The van der Waals surface area contributed by atoms with Crippen LogP contribution in [0.5, 0.6) is 0 Å². The van der Waals surface area contributed by atoms with Crippen molar-refractivity contribution in [1.82, 2.24) is 4.98 Å². The topological polar surface area (TPSA) is 68.3 Å². The Bertz CT molecular complexity index is 723. The van der Waals surface area contributed by atoms with Gasteiger partial charge in [-0.25, -0.2) is 4.98 Å². The van der Waals surface area contributed by atoms with Crippen molar-refractivity contribution in [3.05, 3.63) is 23.4 Å². The van der Waals surface area contributed by atoms with Crippen LogP contribution >= 0.6 is 23.2 Å². The Morgan fingerprint density at radius 2 is 1.96 bits per heavy atom. The number of pyridine rings is 1. The Hall–Kier alpha value is -1.33. The molecule has 5 nitrogen and oxygen atoms in total. The lowest BCUT2D eigenvalue weighted by molar-refractivity contribution is -0.176. The van der Waals surface area contributed by atoms with Gasteiger partial charge < -0.3 is 10.1 Å². The summed E-state index contributed by atoms with van der Waals surface area (Å²) in [5.74, 6) is 0.700. The summed E-state index contributed by atoms with van der Waals surface area (Å²) in [7, 11) is 0. The van der Waals surface area contributed by atoms with E-state index in [-0.39, 0.29) is 10.8 Å². The van der Waals surface area contributed by atoms with Crippen molar-refractivity contribution < 1.29 is 14.3 Å². The second-order valence-corrected chi connectivity index (χ2v) is 9.53. The van der Waals surface area contributed by atoms with E-state index in [2.05, 4.69) is 10.3 Å². The summed E-state index contributed by atoms with van der Waals surface area (Å²) in [5.41, 5.74) is -0.515.